The second kappa shape index (κ2) is 8.30. The van der Waals surface area contributed by atoms with Gasteiger partial charge in [0.25, 0.3) is 0 Å². The molecule has 0 amide bonds. The summed E-state index contributed by atoms with van der Waals surface area (Å²) in [4.78, 5) is 0. The molecule has 0 N–H and O–H groups in total. The average molecular weight is 481 g/mol. The molecule has 0 saturated heterocycles. The minimum absolute atomic E-state index is 1.27. The van der Waals surface area contributed by atoms with Crippen LogP contribution < -0.4 is 0 Å². The molecule has 8 aromatic carbocycles. The van der Waals surface area contributed by atoms with Gasteiger partial charge in [0.05, 0.1) is 0 Å². The molecular formula is C38H24. The highest BCUT2D eigenvalue weighted by molar-refractivity contribution is 6.21. The zero-order chi connectivity index (χ0) is 25.1. The quantitative estimate of drug-likeness (QED) is 0.216. The molecule has 0 heterocycles. The highest BCUT2D eigenvalue weighted by Gasteiger charge is 2.16. The van der Waals surface area contributed by atoms with Crippen LogP contribution in [0.15, 0.2) is 146 Å². The van der Waals surface area contributed by atoms with Gasteiger partial charge >= 0.3 is 0 Å². The summed E-state index contributed by atoms with van der Waals surface area (Å²) in [6, 6.07) is 53.3. The first kappa shape index (κ1) is 21.2. The molecular weight excluding hydrogens is 456 g/mol. The van der Waals surface area contributed by atoms with Crippen molar-refractivity contribution < 1.29 is 0 Å². The Kier molecular flexibility index (Phi) is 4.62. The molecule has 0 atom stereocenters. The van der Waals surface area contributed by atoms with Crippen molar-refractivity contribution in [3.05, 3.63) is 146 Å². The third-order valence-electron chi connectivity index (χ3n) is 8.00. The first-order chi connectivity index (χ1) is 18.9. The predicted octanol–water partition coefficient (Wildman–Crippen LogP) is 10.8. The molecule has 8 aromatic rings. The van der Waals surface area contributed by atoms with E-state index in [1.165, 1.54) is 76.1 Å². The maximum atomic E-state index is 2.31. The molecule has 0 aliphatic heterocycles. The topological polar surface area (TPSA) is 0 Å². The SMILES string of the molecule is c1ccc2c(-c3cccc4c(-c5c6ccccc6cc6ccccc56)cccc34)c3ccccc3cc2c1. The summed E-state index contributed by atoms with van der Waals surface area (Å²) >= 11 is 0. The lowest BCUT2D eigenvalue weighted by molar-refractivity contribution is 1.69. The van der Waals surface area contributed by atoms with E-state index in [-0.39, 0.29) is 0 Å². The normalized spacial score (nSPS) is 11.7. The molecule has 0 saturated carbocycles. The van der Waals surface area contributed by atoms with Crippen molar-refractivity contribution in [1.29, 1.82) is 0 Å². The standard InChI is InChI=1S/C38H24/c1-5-15-29-25(11-1)23-26-12-2-6-16-30(26)37(29)35-21-9-20-34-33(35)19-10-22-36(34)38-31-17-7-3-13-27(31)24-28-14-4-8-18-32(28)38/h1-24H. The monoisotopic (exact) mass is 480 g/mol. The minimum atomic E-state index is 1.27. The molecule has 38 heavy (non-hydrogen) atoms. The van der Waals surface area contributed by atoms with E-state index in [4.69, 9.17) is 0 Å². The summed E-state index contributed by atoms with van der Waals surface area (Å²) < 4.78 is 0. The van der Waals surface area contributed by atoms with Crippen LogP contribution in [0.4, 0.5) is 0 Å². The Morgan fingerprint density at radius 1 is 0.237 bits per heavy atom. The second-order valence-electron chi connectivity index (χ2n) is 10.1. The van der Waals surface area contributed by atoms with Crippen molar-refractivity contribution in [2.24, 2.45) is 0 Å². The number of hydrogen-bond donors (Lipinski definition) is 0. The van der Waals surface area contributed by atoms with Crippen molar-refractivity contribution in [1.82, 2.24) is 0 Å². The highest BCUT2D eigenvalue weighted by atomic mass is 14.2. The van der Waals surface area contributed by atoms with Crippen molar-refractivity contribution in [2.45, 2.75) is 0 Å². The van der Waals surface area contributed by atoms with E-state index in [0.29, 0.717) is 0 Å². The van der Waals surface area contributed by atoms with Crippen molar-refractivity contribution in [3.63, 3.8) is 0 Å². The van der Waals surface area contributed by atoms with Crippen LogP contribution in [0.3, 0.4) is 0 Å². The van der Waals surface area contributed by atoms with E-state index in [9.17, 15) is 0 Å². The molecule has 0 radical (unpaired) electrons. The average Bonchev–Trinajstić information content (AvgIpc) is 2.98. The summed E-state index contributed by atoms with van der Waals surface area (Å²) in [7, 11) is 0. The van der Waals surface area contributed by atoms with Crippen LogP contribution in [-0.4, -0.2) is 0 Å². The molecule has 0 spiro atoms. The van der Waals surface area contributed by atoms with Crippen molar-refractivity contribution in [3.8, 4) is 22.3 Å². The van der Waals surface area contributed by atoms with Crippen molar-refractivity contribution >= 4 is 53.9 Å². The van der Waals surface area contributed by atoms with Gasteiger partial charge in [-0.05, 0) is 88.2 Å². The number of benzene rings is 8. The van der Waals surface area contributed by atoms with Gasteiger partial charge in [-0.25, -0.2) is 0 Å². The summed E-state index contributed by atoms with van der Waals surface area (Å²) in [6.07, 6.45) is 0. The lowest BCUT2D eigenvalue weighted by Crippen LogP contribution is -1.90. The Balaban J connectivity index is 1.52. The van der Waals surface area contributed by atoms with Crippen LogP contribution in [-0.2, 0) is 0 Å². The lowest BCUT2D eigenvalue weighted by atomic mass is 9.86. The van der Waals surface area contributed by atoms with Crippen LogP contribution in [0.1, 0.15) is 0 Å². The highest BCUT2D eigenvalue weighted by Crippen LogP contribution is 2.44. The third-order valence-corrected chi connectivity index (χ3v) is 8.00. The molecule has 0 aromatic heterocycles. The van der Waals surface area contributed by atoms with E-state index in [2.05, 4.69) is 146 Å². The summed E-state index contributed by atoms with van der Waals surface area (Å²) in [6.45, 7) is 0. The van der Waals surface area contributed by atoms with Gasteiger partial charge in [0.2, 0.25) is 0 Å². The molecule has 0 aliphatic rings. The van der Waals surface area contributed by atoms with Crippen LogP contribution >= 0.6 is 0 Å². The Morgan fingerprint density at radius 2 is 0.526 bits per heavy atom. The molecule has 0 bridgehead atoms. The fraction of sp³-hybridized carbons (Fsp3) is 0. The van der Waals surface area contributed by atoms with Gasteiger partial charge in [0, 0.05) is 0 Å². The van der Waals surface area contributed by atoms with E-state index >= 15 is 0 Å². The van der Waals surface area contributed by atoms with Gasteiger partial charge < -0.3 is 0 Å². The third kappa shape index (κ3) is 3.11. The zero-order valence-corrected chi connectivity index (χ0v) is 20.9. The summed E-state index contributed by atoms with van der Waals surface area (Å²) in [5, 5.41) is 12.8. The molecule has 176 valence electrons. The smallest absolute Gasteiger partial charge is 0.00206 e. The first-order valence-electron chi connectivity index (χ1n) is 13.2. The van der Waals surface area contributed by atoms with Gasteiger partial charge in [-0.2, -0.15) is 0 Å². The Labute approximate surface area is 221 Å². The van der Waals surface area contributed by atoms with E-state index in [1.54, 1.807) is 0 Å². The maximum Gasteiger partial charge on any atom is -0.00206 e. The number of fused-ring (bicyclic) bond motifs is 5. The molecule has 0 unspecified atom stereocenters. The molecule has 8 rings (SSSR count). The van der Waals surface area contributed by atoms with Crippen LogP contribution in [0.5, 0.6) is 0 Å². The fourth-order valence-corrected chi connectivity index (χ4v) is 6.35. The second-order valence-corrected chi connectivity index (χ2v) is 10.1. The number of hydrogen-bond acceptors (Lipinski definition) is 0. The molecule has 0 aliphatic carbocycles. The predicted molar refractivity (Wildman–Crippen MR) is 165 cm³/mol. The molecule has 0 heteroatoms. The first-order valence-corrected chi connectivity index (χ1v) is 13.2. The Morgan fingerprint density at radius 3 is 0.868 bits per heavy atom. The summed E-state index contributed by atoms with van der Waals surface area (Å²) in [5.41, 5.74) is 5.18. The Hall–Kier alpha value is -4.94. The van der Waals surface area contributed by atoms with Crippen LogP contribution in [0.25, 0.3) is 76.1 Å². The van der Waals surface area contributed by atoms with Gasteiger partial charge in [0.15, 0.2) is 0 Å². The van der Waals surface area contributed by atoms with Gasteiger partial charge in [-0.1, -0.05) is 133 Å². The van der Waals surface area contributed by atoms with Crippen molar-refractivity contribution in [2.75, 3.05) is 0 Å². The van der Waals surface area contributed by atoms with E-state index < -0.39 is 0 Å². The Bertz CT molecular complexity index is 1920. The van der Waals surface area contributed by atoms with Crippen LogP contribution in [0, 0.1) is 0 Å². The number of rotatable bonds is 2. The zero-order valence-electron chi connectivity index (χ0n) is 20.9. The van der Waals surface area contributed by atoms with Gasteiger partial charge in [-0.15, -0.1) is 0 Å². The molecule has 0 nitrogen and oxygen atoms in total. The van der Waals surface area contributed by atoms with Gasteiger partial charge in [-0.3, -0.25) is 0 Å². The van der Waals surface area contributed by atoms with E-state index in [1.807, 2.05) is 0 Å². The lowest BCUT2D eigenvalue weighted by Gasteiger charge is -2.17. The van der Waals surface area contributed by atoms with E-state index in [0.717, 1.165) is 0 Å². The maximum absolute atomic E-state index is 2.31. The largest absolute Gasteiger partial charge is 0.0616 e. The fourth-order valence-electron chi connectivity index (χ4n) is 6.35. The molecule has 0 fully saturated rings. The van der Waals surface area contributed by atoms with Gasteiger partial charge in [0.1, 0.15) is 0 Å². The van der Waals surface area contributed by atoms with Crippen LogP contribution in [0.2, 0.25) is 0 Å². The minimum Gasteiger partial charge on any atom is -0.0616 e. The summed E-state index contributed by atoms with van der Waals surface area (Å²) in [5.74, 6) is 0.